The van der Waals surface area contributed by atoms with E-state index in [1.807, 2.05) is 42.5 Å². The van der Waals surface area contributed by atoms with Crippen LogP contribution < -0.4 is 33.7 Å². The number of methoxy groups -OCH3 is 2. The lowest BCUT2D eigenvalue weighted by atomic mass is 9.73. The largest absolute Gasteiger partial charge is 0.493 e. The molecule has 2 N–H and O–H groups in total. The van der Waals surface area contributed by atoms with Gasteiger partial charge < -0.3 is 43.6 Å². The third kappa shape index (κ3) is 9.25. The SMILES string of the molecule is COc1ccc(C2=NN(C3CCN(C(=O)[C@@H](Cc4ccc(C(C)(C)C)cc4)NC(=O)Oc4c(C)[nH]c5c(-c6c(OCC7CC7)ccc7c6OCO7)ncnc45)CC3)C(=O)[C@@H]3CCCC[C@H]23)cc1OC. The molecule has 3 amide bonds. The number of nitrogens with one attached hydrogen (secondary N) is 2. The molecule has 0 spiro atoms. The average Bonchev–Trinajstić information content (AvgIpc) is 3.98. The summed E-state index contributed by atoms with van der Waals surface area (Å²) in [6.45, 7) is 9.65. The zero-order valence-corrected chi connectivity index (χ0v) is 40.3. The average molecular weight is 940 g/mol. The summed E-state index contributed by atoms with van der Waals surface area (Å²) in [6.07, 6.45) is 7.91. The number of aryl methyl sites for hydroxylation is 1. The number of ether oxygens (including phenoxy) is 6. The Bertz CT molecular complexity index is 2790. The van der Waals surface area contributed by atoms with E-state index in [4.69, 9.17) is 33.5 Å². The van der Waals surface area contributed by atoms with Gasteiger partial charge in [-0.2, -0.15) is 5.10 Å². The van der Waals surface area contributed by atoms with E-state index in [1.54, 1.807) is 31.1 Å². The first-order valence-electron chi connectivity index (χ1n) is 24.3. The number of rotatable bonds is 13. The zero-order valence-electron chi connectivity index (χ0n) is 40.3. The Morgan fingerprint density at radius 3 is 2.35 bits per heavy atom. The number of likely N-dealkylation sites (tertiary alicyclic amines) is 1. The number of piperidine rings is 1. The summed E-state index contributed by atoms with van der Waals surface area (Å²) in [4.78, 5) is 57.5. The van der Waals surface area contributed by atoms with Crippen LogP contribution in [0.25, 0.3) is 22.3 Å². The van der Waals surface area contributed by atoms with Gasteiger partial charge in [-0.1, -0.05) is 57.9 Å². The number of aromatic nitrogens is 3. The summed E-state index contributed by atoms with van der Waals surface area (Å²) in [6, 6.07) is 16.5. The lowest BCUT2D eigenvalue weighted by Crippen LogP contribution is -2.56. The number of H-pyrrole nitrogens is 1. The summed E-state index contributed by atoms with van der Waals surface area (Å²) < 4.78 is 35.2. The van der Waals surface area contributed by atoms with Crippen LogP contribution in [0.1, 0.15) is 94.5 Å². The zero-order chi connectivity index (χ0) is 48.0. The third-order valence-corrected chi connectivity index (χ3v) is 14.3. The summed E-state index contributed by atoms with van der Waals surface area (Å²) in [7, 11) is 3.23. The molecule has 2 aliphatic carbocycles. The second-order valence-electron chi connectivity index (χ2n) is 20.0. The number of fused-ring (bicyclic) bond motifs is 3. The van der Waals surface area contributed by atoms with Crippen LogP contribution in [0.3, 0.4) is 0 Å². The van der Waals surface area contributed by atoms with Gasteiger partial charge in [0.1, 0.15) is 29.3 Å². The van der Waals surface area contributed by atoms with Gasteiger partial charge >= 0.3 is 6.09 Å². The van der Waals surface area contributed by atoms with Crippen molar-refractivity contribution in [2.24, 2.45) is 22.9 Å². The van der Waals surface area contributed by atoms with Gasteiger partial charge in [0.25, 0.3) is 0 Å². The van der Waals surface area contributed by atoms with Crippen molar-refractivity contribution in [3.05, 3.63) is 83.3 Å². The Hall–Kier alpha value is -6.84. The Balaban J connectivity index is 0.889. The van der Waals surface area contributed by atoms with Crippen LogP contribution in [0.4, 0.5) is 4.79 Å². The van der Waals surface area contributed by atoms with E-state index >= 15 is 0 Å². The maximum atomic E-state index is 14.7. The number of amides is 3. The molecule has 362 valence electrons. The van der Waals surface area contributed by atoms with Crippen molar-refractivity contribution >= 4 is 34.7 Å². The lowest BCUT2D eigenvalue weighted by molar-refractivity contribution is -0.143. The molecule has 10 rings (SSSR count). The first-order chi connectivity index (χ1) is 33.4. The van der Waals surface area contributed by atoms with Crippen molar-refractivity contribution in [3.8, 4) is 45.8 Å². The van der Waals surface area contributed by atoms with E-state index in [1.165, 1.54) is 6.33 Å². The highest BCUT2D eigenvalue weighted by atomic mass is 16.7. The predicted octanol–water partition coefficient (Wildman–Crippen LogP) is 8.51. The van der Waals surface area contributed by atoms with Gasteiger partial charge in [-0.15, -0.1) is 0 Å². The van der Waals surface area contributed by atoms with E-state index in [0.717, 1.165) is 60.9 Å². The number of aromatic amines is 1. The van der Waals surface area contributed by atoms with Crippen LogP contribution in [0.15, 0.2) is 66.0 Å². The molecule has 5 aromatic rings. The minimum absolute atomic E-state index is 0.0205. The topological polar surface area (TPSA) is 179 Å². The predicted molar refractivity (Wildman–Crippen MR) is 258 cm³/mol. The van der Waals surface area contributed by atoms with Gasteiger partial charge in [0.2, 0.25) is 18.6 Å². The maximum absolute atomic E-state index is 14.7. The number of hydrogen-bond donors (Lipinski definition) is 2. The summed E-state index contributed by atoms with van der Waals surface area (Å²) in [5.41, 5.74) is 6.36. The first-order valence-corrected chi connectivity index (χ1v) is 24.3. The highest BCUT2D eigenvalue weighted by molar-refractivity contribution is 6.07. The molecule has 0 radical (unpaired) electrons. The highest BCUT2D eigenvalue weighted by Gasteiger charge is 2.44. The van der Waals surface area contributed by atoms with Crippen LogP contribution in [0, 0.1) is 24.7 Å². The van der Waals surface area contributed by atoms with Gasteiger partial charge in [-0.25, -0.2) is 19.8 Å². The number of benzene rings is 3. The minimum Gasteiger partial charge on any atom is -0.493 e. The Labute approximate surface area is 402 Å². The van der Waals surface area contributed by atoms with Crippen LogP contribution in [-0.2, 0) is 21.4 Å². The summed E-state index contributed by atoms with van der Waals surface area (Å²) in [5, 5.41) is 9.76. The van der Waals surface area contributed by atoms with E-state index in [2.05, 4.69) is 53.2 Å². The van der Waals surface area contributed by atoms with Crippen LogP contribution in [0.5, 0.6) is 34.5 Å². The van der Waals surface area contributed by atoms with E-state index in [-0.39, 0.29) is 54.1 Å². The molecule has 2 saturated carbocycles. The van der Waals surface area contributed by atoms with E-state index in [9.17, 15) is 14.4 Å². The highest BCUT2D eigenvalue weighted by Crippen LogP contribution is 2.49. The van der Waals surface area contributed by atoms with Crippen molar-refractivity contribution in [3.63, 3.8) is 0 Å². The van der Waals surface area contributed by atoms with Gasteiger partial charge in [0.05, 0.1) is 49.4 Å². The van der Waals surface area contributed by atoms with Crippen molar-refractivity contribution in [2.45, 2.75) is 103 Å². The Morgan fingerprint density at radius 2 is 1.62 bits per heavy atom. The minimum atomic E-state index is -0.963. The fraction of sp³-hybridized carbons (Fsp3) is 0.472. The molecule has 2 aromatic heterocycles. The molecule has 3 aromatic carbocycles. The van der Waals surface area contributed by atoms with Crippen molar-refractivity contribution in [1.82, 2.24) is 30.2 Å². The standard InChI is InChI=1S/C53H61N7O9/c1-30-48(47-46(56-30)45(54-28-55-47)43-40(66-27-32-11-12-32)19-20-41-49(43)68-29-67-41)69-52(63)57-38(25-31-13-16-34(17-14-31)53(2,3)4)51(62)59-23-21-35(22-24-59)60-50(61)37-10-8-7-9-36(37)44(58-60)33-15-18-39(64-5)42(26-33)65-6/h13-20,26,28,32,35-38,56H,7-12,21-25,27,29H2,1-6H3,(H,57,63)/t36-,37+,38+/m0/s1. The van der Waals surface area contributed by atoms with Crippen molar-refractivity contribution in [1.29, 1.82) is 0 Å². The number of hydrogen-bond acceptors (Lipinski definition) is 12. The summed E-state index contributed by atoms with van der Waals surface area (Å²) >= 11 is 0. The number of nitrogens with zero attached hydrogens (tertiary/aromatic N) is 5. The number of hydrazone groups is 1. The van der Waals surface area contributed by atoms with Crippen LogP contribution >= 0.6 is 0 Å². The molecular weight excluding hydrogens is 879 g/mol. The van der Waals surface area contributed by atoms with Crippen molar-refractivity contribution < 1.29 is 42.8 Å². The molecule has 3 fully saturated rings. The molecule has 3 aliphatic heterocycles. The molecule has 16 heteroatoms. The molecule has 5 heterocycles. The normalized spacial score (nSPS) is 19.7. The molecule has 16 nitrogen and oxygen atoms in total. The van der Waals surface area contributed by atoms with E-state index < -0.39 is 12.1 Å². The molecule has 0 bridgehead atoms. The van der Waals surface area contributed by atoms with Crippen LogP contribution in [0.2, 0.25) is 0 Å². The summed E-state index contributed by atoms with van der Waals surface area (Å²) in [5.74, 6) is 3.33. The second kappa shape index (κ2) is 18.9. The fourth-order valence-electron chi connectivity index (χ4n) is 10.3. The fourth-order valence-corrected chi connectivity index (χ4v) is 10.3. The quantitative estimate of drug-likeness (QED) is 0.116. The second-order valence-corrected chi connectivity index (χ2v) is 20.0. The van der Waals surface area contributed by atoms with Crippen molar-refractivity contribution in [2.75, 3.05) is 40.7 Å². The monoisotopic (exact) mass is 939 g/mol. The Morgan fingerprint density at radius 1 is 0.884 bits per heavy atom. The molecule has 0 unspecified atom stereocenters. The van der Waals surface area contributed by atoms with Gasteiger partial charge in [0, 0.05) is 36.9 Å². The third-order valence-electron chi connectivity index (χ3n) is 14.3. The lowest BCUT2D eigenvalue weighted by Gasteiger charge is -2.43. The molecule has 1 saturated heterocycles. The Kier molecular flexibility index (Phi) is 12.6. The number of carbonyl (C=O) groups excluding carboxylic acids is 3. The smallest absolute Gasteiger partial charge is 0.413 e. The maximum Gasteiger partial charge on any atom is 0.413 e. The van der Waals surface area contributed by atoms with E-state index in [0.29, 0.717) is 95.2 Å². The van der Waals surface area contributed by atoms with Gasteiger partial charge in [-0.05, 0) is 98.2 Å². The van der Waals surface area contributed by atoms with Gasteiger partial charge in [0.15, 0.2) is 28.7 Å². The first kappa shape index (κ1) is 45.9. The number of carbonyl (C=O) groups is 3. The molecule has 69 heavy (non-hydrogen) atoms. The molecule has 3 atom stereocenters. The molecule has 5 aliphatic rings. The van der Waals surface area contributed by atoms with Crippen LogP contribution in [-0.4, -0.2) is 101 Å². The molecular formula is C53H61N7O9. The van der Waals surface area contributed by atoms with Gasteiger partial charge in [-0.3, -0.25) is 9.59 Å².